The van der Waals surface area contributed by atoms with Crippen LogP contribution in [-0.2, 0) is 6.18 Å². The van der Waals surface area contributed by atoms with Crippen molar-refractivity contribution in [3.8, 4) is 0 Å². The molecule has 2 aromatic rings. The summed E-state index contributed by atoms with van der Waals surface area (Å²) in [5.41, 5.74) is 4.30. The third-order valence-electron chi connectivity index (χ3n) is 2.30. The molecule has 1 aromatic carbocycles. The number of hydrogen-bond acceptors (Lipinski definition) is 2. The van der Waals surface area contributed by atoms with Gasteiger partial charge in [-0.15, -0.1) is 0 Å². The Kier molecular flexibility index (Phi) is 2.27. The van der Waals surface area contributed by atoms with E-state index in [1.54, 1.807) is 0 Å². The van der Waals surface area contributed by atoms with Gasteiger partial charge in [-0.2, -0.15) is 13.2 Å². The van der Waals surface area contributed by atoms with Crippen LogP contribution in [0.1, 0.15) is 16.1 Å². The molecule has 1 aromatic heterocycles. The molecule has 0 spiro atoms. The lowest BCUT2D eigenvalue weighted by Crippen LogP contribution is -2.04. The topological polar surface area (TPSA) is 79.1 Å². The van der Waals surface area contributed by atoms with Crippen molar-refractivity contribution in [2.45, 2.75) is 6.18 Å². The number of H-pyrrole nitrogens is 1. The Balaban J connectivity index is 2.76. The van der Waals surface area contributed by atoms with Gasteiger partial charge in [0.25, 0.3) is 0 Å². The van der Waals surface area contributed by atoms with Crippen LogP contribution in [0.2, 0.25) is 0 Å². The molecule has 0 aliphatic heterocycles. The summed E-state index contributed by atoms with van der Waals surface area (Å²) in [7, 11) is 0. The van der Waals surface area contributed by atoms with E-state index in [0.717, 1.165) is 12.1 Å². The number of fused-ring (bicyclic) bond motifs is 1. The van der Waals surface area contributed by atoms with Crippen molar-refractivity contribution in [3.05, 3.63) is 29.5 Å². The van der Waals surface area contributed by atoms with E-state index in [9.17, 15) is 18.0 Å². The lowest BCUT2D eigenvalue weighted by atomic mass is 10.1. The number of carboxylic acids is 1. The van der Waals surface area contributed by atoms with Gasteiger partial charge in [0.15, 0.2) is 0 Å². The zero-order valence-electron chi connectivity index (χ0n) is 8.30. The van der Waals surface area contributed by atoms with Crippen molar-refractivity contribution in [1.29, 1.82) is 0 Å². The normalized spacial score (nSPS) is 11.9. The third kappa shape index (κ3) is 1.91. The average Bonchev–Trinajstić information content (AvgIpc) is 2.58. The number of halogens is 3. The number of hydrogen-bond donors (Lipinski definition) is 3. The zero-order chi connectivity index (χ0) is 12.8. The molecule has 0 aliphatic carbocycles. The van der Waals surface area contributed by atoms with Crippen LogP contribution in [0.3, 0.4) is 0 Å². The number of nitrogen functional groups attached to an aromatic ring is 1. The number of alkyl halides is 3. The summed E-state index contributed by atoms with van der Waals surface area (Å²) in [5, 5.41) is 8.85. The van der Waals surface area contributed by atoms with Gasteiger partial charge in [0.2, 0.25) is 0 Å². The largest absolute Gasteiger partial charge is 0.478 e. The Labute approximate surface area is 92.8 Å². The van der Waals surface area contributed by atoms with Gasteiger partial charge >= 0.3 is 12.1 Å². The van der Waals surface area contributed by atoms with Crippen molar-refractivity contribution < 1.29 is 23.1 Å². The predicted octanol–water partition coefficient (Wildman–Crippen LogP) is 2.47. The van der Waals surface area contributed by atoms with E-state index in [2.05, 4.69) is 4.98 Å². The standard InChI is InChI=1S/C10H7F3N2O2/c11-10(12,13)8-3-5-6(9(16)17)1-4(14)2-7(5)15-8/h1-3,15H,14H2,(H,16,17). The van der Waals surface area contributed by atoms with Gasteiger partial charge in [-0.25, -0.2) is 4.79 Å². The molecule has 0 bridgehead atoms. The Morgan fingerprint density at radius 3 is 2.47 bits per heavy atom. The van der Waals surface area contributed by atoms with Crippen molar-refractivity contribution in [2.75, 3.05) is 5.73 Å². The number of benzene rings is 1. The maximum Gasteiger partial charge on any atom is 0.431 e. The highest BCUT2D eigenvalue weighted by Crippen LogP contribution is 2.33. The van der Waals surface area contributed by atoms with E-state index in [-0.39, 0.29) is 22.2 Å². The van der Waals surface area contributed by atoms with E-state index in [1.165, 1.54) is 6.07 Å². The number of nitrogens with two attached hydrogens (primary N) is 1. The molecule has 4 nitrogen and oxygen atoms in total. The molecule has 0 unspecified atom stereocenters. The molecular formula is C10H7F3N2O2. The second-order valence-corrected chi connectivity index (χ2v) is 3.52. The summed E-state index contributed by atoms with van der Waals surface area (Å²) in [6, 6.07) is 3.15. The van der Waals surface area contributed by atoms with E-state index < -0.39 is 17.8 Å². The SMILES string of the molecule is Nc1cc(C(=O)O)c2cc(C(F)(F)F)[nH]c2c1. The number of carbonyl (C=O) groups is 1. The molecule has 90 valence electrons. The third-order valence-corrected chi connectivity index (χ3v) is 2.30. The molecule has 0 fully saturated rings. The summed E-state index contributed by atoms with van der Waals surface area (Å²) < 4.78 is 37.3. The molecule has 0 saturated heterocycles. The molecule has 1 heterocycles. The van der Waals surface area contributed by atoms with Crippen LogP contribution in [0.15, 0.2) is 18.2 Å². The van der Waals surface area contributed by atoms with Crippen LogP contribution >= 0.6 is 0 Å². The van der Waals surface area contributed by atoms with Crippen LogP contribution in [0.5, 0.6) is 0 Å². The minimum atomic E-state index is -4.55. The zero-order valence-corrected chi connectivity index (χ0v) is 8.30. The highest BCUT2D eigenvalue weighted by Gasteiger charge is 2.33. The van der Waals surface area contributed by atoms with E-state index >= 15 is 0 Å². The second kappa shape index (κ2) is 3.41. The average molecular weight is 244 g/mol. The molecule has 2 rings (SSSR count). The number of aromatic amines is 1. The first-order chi connectivity index (χ1) is 7.79. The number of carboxylic acid groups (broad SMARTS) is 1. The number of anilines is 1. The number of rotatable bonds is 1. The van der Waals surface area contributed by atoms with Gasteiger partial charge in [0.05, 0.1) is 5.56 Å². The lowest BCUT2D eigenvalue weighted by Gasteiger charge is -2.00. The molecular weight excluding hydrogens is 237 g/mol. The molecule has 7 heteroatoms. The molecule has 0 atom stereocenters. The highest BCUT2D eigenvalue weighted by molar-refractivity contribution is 6.04. The first kappa shape index (κ1) is 11.3. The Morgan fingerprint density at radius 2 is 1.94 bits per heavy atom. The minimum absolute atomic E-state index is 0.0148. The summed E-state index contributed by atoms with van der Waals surface area (Å²) in [5.74, 6) is -1.32. The maximum absolute atomic E-state index is 12.4. The van der Waals surface area contributed by atoms with Crippen LogP contribution in [0, 0.1) is 0 Å². The summed E-state index contributed by atoms with van der Waals surface area (Å²) in [6.45, 7) is 0. The molecule has 0 amide bonds. The minimum Gasteiger partial charge on any atom is -0.478 e. The summed E-state index contributed by atoms with van der Waals surface area (Å²) in [6.07, 6.45) is -4.55. The fraction of sp³-hybridized carbons (Fsp3) is 0.100. The lowest BCUT2D eigenvalue weighted by molar-refractivity contribution is -0.140. The Hall–Kier alpha value is -2.18. The first-order valence-electron chi connectivity index (χ1n) is 4.52. The van der Waals surface area contributed by atoms with Gasteiger partial charge in [-0.05, 0) is 18.2 Å². The van der Waals surface area contributed by atoms with E-state index in [4.69, 9.17) is 10.8 Å². The second-order valence-electron chi connectivity index (χ2n) is 3.52. The molecule has 0 aliphatic rings. The van der Waals surface area contributed by atoms with Crippen LogP contribution in [0.4, 0.5) is 18.9 Å². The van der Waals surface area contributed by atoms with Crippen LogP contribution in [0.25, 0.3) is 10.9 Å². The first-order valence-corrected chi connectivity index (χ1v) is 4.52. The maximum atomic E-state index is 12.4. The molecule has 0 radical (unpaired) electrons. The quantitative estimate of drug-likeness (QED) is 0.674. The fourth-order valence-corrected chi connectivity index (χ4v) is 1.59. The highest BCUT2D eigenvalue weighted by atomic mass is 19.4. The van der Waals surface area contributed by atoms with E-state index in [0.29, 0.717) is 0 Å². The summed E-state index contributed by atoms with van der Waals surface area (Å²) in [4.78, 5) is 13.0. The molecule has 4 N–H and O–H groups in total. The van der Waals surface area contributed by atoms with Gasteiger partial charge in [0.1, 0.15) is 5.69 Å². The monoisotopic (exact) mass is 244 g/mol. The summed E-state index contributed by atoms with van der Waals surface area (Å²) >= 11 is 0. The molecule has 0 saturated carbocycles. The van der Waals surface area contributed by atoms with E-state index in [1.807, 2.05) is 0 Å². The number of nitrogens with one attached hydrogen (secondary N) is 1. The number of aromatic carboxylic acids is 1. The van der Waals surface area contributed by atoms with Crippen molar-refractivity contribution >= 4 is 22.6 Å². The van der Waals surface area contributed by atoms with Crippen molar-refractivity contribution in [3.63, 3.8) is 0 Å². The predicted molar refractivity (Wildman–Crippen MR) is 54.7 cm³/mol. The van der Waals surface area contributed by atoms with Crippen LogP contribution < -0.4 is 5.73 Å². The fourth-order valence-electron chi connectivity index (χ4n) is 1.59. The molecule has 17 heavy (non-hydrogen) atoms. The smallest absolute Gasteiger partial charge is 0.431 e. The Morgan fingerprint density at radius 1 is 1.29 bits per heavy atom. The van der Waals surface area contributed by atoms with Gasteiger partial charge in [0, 0.05) is 16.6 Å². The van der Waals surface area contributed by atoms with Gasteiger partial charge in [-0.3, -0.25) is 0 Å². The van der Waals surface area contributed by atoms with Crippen molar-refractivity contribution in [1.82, 2.24) is 4.98 Å². The van der Waals surface area contributed by atoms with Gasteiger partial charge in [-0.1, -0.05) is 0 Å². The van der Waals surface area contributed by atoms with Gasteiger partial charge < -0.3 is 15.8 Å². The Bertz CT molecular complexity index is 601. The van der Waals surface area contributed by atoms with Crippen LogP contribution in [-0.4, -0.2) is 16.1 Å². The van der Waals surface area contributed by atoms with Crippen molar-refractivity contribution in [2.24, 2.45) is 0 Å². The number of aromatic nitrogens is 1.